The average Bonchev–Trinajstić information content (AvgIpc) is 3.59. The smallest absolute Gasteiger partial charge is 0.229 e. The summed E-state index contributed by atoms with van der Waals surface area (Å²) >= 11 is 19.0. The van der Waals surface area contributed by atoms with Gasteiger partial charge in [0.05, 0.1) is 11.2 Å². The Morgan fingerprint density at radius 1 is 0.889 bits per heavy atom. The van der Waals surface area contributed by atoms with Crippen LogP contribution in [0.4, 0.5) is 17.6 Å². The highest BCUT2D eigenvalue weighted by atomic mass is 35.5. The molecule has 10 heteroatoms. The van der Waals surface area contributed by atoms with Gasteiger partial charge >= 0.3 is 0 Å². The Morgan fingerprint density at radius 2 is 1.61 bits per heavy atom. The Bertz CT molecular complexity index is 1210. The maximum Gasteiger partial charge on any atom is 0.229 e. The summed E-state index contributed by atoms with van der Waals surface area (Å²) in [6, 6.07) is 12.9. The van der Waals surface area contributed by atoms with Gasteiger partial charge < -0.3 is 14.5 Å². The number of anilines is 3. The molecule has 0 saturated carbocycles. The number of halogens is 3. The van der Waals surface area contributed by atoms with Crippen LogP contribution in [0.15, 0.2) is 47.6 Å². The lowest BCUT2D eigenvalue weighted by molar-refractivity contribution is 0.306. The number of hydrogen-bond donors (Lipinski definition) is 1. The van der Waals surface area contributed by atoms with Crippen LogP contribution < -0.4 is 20.0 Å². The lowest BCUT2D eigenvalue weighted by atomic mass is 10.2. The van der Waals surface area contributed by atoms with Crippen LogP contribution in [-0.2, 0) is 6.61 Å². The van der Waals surface area contributed by atoms with Crippen LogP contribution in [0.5, 0.6) is 5.75 Å². The zero-order chi connectivity index (χ0) is 24.9. The van der Waals surface area contributed by atoms with Gasteiger partial charge in [-0.15, -0.1) is 0 Å². The van der Waals surface area contributed by atoms with E-state index in [9.17, 15) is 0 Å². The minimum atomic E-state index is 0.263. The molecule has 0 bridgehead atoms. The third-order valence-electron chi connectivity index (χ3n) is 6.27. The lowest BCUT2D eigenvalue weighted by Crippen LogP contribution is -2.24. The first-order valence-electron chi connectivity index (χ1n) is 12.1. The molecule has 2 fully saturated rings. The number of hydrazone groups is 1. The van der Waals surface area contributed by atoms with Gasteiger partial charge in [0.25, 0.3) is 0 Å². The summed E-state index contributed by atoms with van der Waals surface area (Å²) in [6.07, 6.45) is 6.30. The SMILES string of the molecule is Clc1cc(Cl)c(OCc2ccccc2Cl)c(C=NNc2cc(N3CCCC3)nc(N3CCCC3)n2)c1. The first-order valence-corrected chi connectivity index (χ1v) is 13.2. The van der Waals surface area contributed by atoms with Crippen LogP contribution in [0.3, 0.4) is 0 Å². The minimum Gasteiger partial charge on any atom is -0.487 e. The van der Waals surface area contributed by atoms with Crippen molar-refractivity contribution in [3.05, 3.63) is 68.7 Å². The maximum absolute atomic E-state index is 6.47. The summed E-state index contributed by atoms with van der Waals surface area (Å²) in [5.41, 5.74) is 4.57. The van der Waals surface area contributed by atoms with Crippen molar-refractivity contribution in [1.82, 2.24) is 9.97 Å². The highest BCUT2D eigenvalue weighted by Gasteiger charge is 2.20. The van der Waals surface area contributed by atoms with E-state index in [0.717, 1.165) is 56.4 Å². The van der Waals surface area contributed by atoms with Crippen LogP contribution >= 0.6 is 34.8 Å². The molecule has 0 aliphatic carbocycles. The molecule has 7 nitrogen and oxygen atoms in total. The first-order chi connectivity index (χ1) is 17.6. The van der Waals surface area contributed by atoms with Gasteiger partial charge in [-0.05, 0) is 43.9 Å². The van der Waals surface area contributed by atoms with Crippen LogP contribution in [-0.4, -0.2) is 42.4 Å². The van der Waals surface area contributed by atoms with E-state index in [-0.39, 0.29) is 6.61 Å². The molecule has 0 atom stereocenters. The van der Waals surface area contributed by atoms with Crippen molar-refractivity contribution < 1.29 is 4.74 Å². The molecule has 2 aliphatic heterocycles. The van der Waals surface area contributed by atoms with E-state index >= 15 is 0 Å². The van der Waals surface area contributed by atoms with Crippen LogP contribution in [0.25, 0.3) is 0 Å². The second-order valence-corrected chi connectivity index (χ2v) is 10.1. The number of hydrogen-bond acceptors (Lipinski definition) is 7. The van der Waals surface area contributed by atoms with Crippen molar-refractivity contribution in [2.24, 2.45) is 5.10 Å². The van der Waals surface area contributed by atoms with Crippen molar-refractivity contribution >= 4 is 58.6 Å². The van der Waals surface area contributed by atoms with Crippen molar-refractivity contribution in [3.8, 4) is 5.75 Å². The van der Waals surface area contributed by atoms with Crippen molar-refractivity contribution in [2.75, 3.05) is 41.4 Å². The number of rotatable bonds is 8. The molecule has 3 aromatic rings. The van der Waals surface area contributed by atoms with E-state index in [1.807, 2.05) is 30.3 Å². The Morgan fingerprint density at radius 3 is 2.36 bits per heavy atom. The predicted molar refractivity (Wildman–Crippen MR) is 148 cm³/mol. The van der Waals surface area contributed by atoms with E-state index < -0.39 is 0 Å². The van der Waals surface area contributed by atoms with Crippen molar-refractivity contribution in [1.29, 1.82) is 0 Å². The van der Waals surface area contributed by atoms with Gasteiger partial charge in [0.1, 0.15) is 18.2 Å². The fourth-order valence-electron chi connectivity index (χ4n) is 4.41. The average molecular weight is 546 g/mol. The molecule has 0 radical (unpaired) electrons. The number of benzene rings is 2. The zero-order valence-corrected chi connectivity index (χ0v) is 22.0. The second-order valence-electron chi connectivity index (χ2n) is 8.86. The van der Waals surface area contributed by atoms with Gasteiger partial charge in [0, 0.05) is 53.4 Å². The van der Waals surface area contributed by atoms with Crippen molar-refractivity contribution in [3.63, 3.8) is 0 Å². The topological polar surface area (TPSA) is 65.9 Å². The Kier molecular flexibility index (Phi) is 7.99. The molecule has 0 unspecified atom stereocenters. The number of nitrogens with zero attached hydrogens (tertiary/aromatic N) is 5. The minimum absolute atomic E-state index is 0.263. The summed E-state index contributed by atoms with van der Waals surface area (Å²) in [6.45, 7) is 4.22. The predicted octanol–water partition coefficient (Wildman–Crippen LogP) is 6.66. The molecule has 1 aromatic heterocycles. The molecule has 0 spiro atoms. The van der Waals surface area contributed by atoms with Gasteiger partial charge in [0.15, 0.2) is 5.82 Å². The second kappa shape index (κ2) is 11.5. The number of aromatic nitrogens is 2. The Hall–Kier alpha value is -2.74. The molecule has 2 aromatic carbocycles. The molecule has 2 saturated heterocycles. The lowest BCUT2D eigenvalue weighted by Gasteiger charge is -2.21. The Labute approximate surface area is 226 Å². The molecule has 2 aliphatic rings. The summed E-state index contributed by atoms with van der Waals surface area (Å²) < 4.78 is 6.03. The highest BCUT2D eigenvalue weighted by molar-refractivity contribution is 6.36. The molecule has 0 amide bonds. The van der Waals surface area contributed by atoms with Gasteiger partial charge in [-0.25, -0.2) is 0 Å². The fourth-order valence-corrected chi connectivity index (χ4v) is 5.16. The zero-order valence-electron chi connectivity index (χ0n) is 19.8. The van der Waals surface area contributed by atoms with Gasteiger partial charge in [-0.2, -0.15) is 15.1 Å². The third kappa shape index (κ3) is 5.97. The summed E-state index contributed by atoms with van der Waals surface area (Å²) in [5, 5.41) is 5.95. The van der Waals surface area contributed by atoms with Crippen LogP contribution in [0, 0.1) is 0 Å². The molecule has 1 N–H and O–H groups in total. The quantitative estimate of drug-likeness (QED) is 0.252. The molecule has 188 valence electrons. The van der Waals surface area contributed by atoms with Gasteiger partial charge in [0.2, 0.25) is 5.95 Å². The van der Waals surface area contributed by atoms with E-state index in [4.69, 9.17) is 49.5 Å². The third-order valence-corrected chi connectivity index (χ3v) is 7.14. The summed E-state index contributed by atoms with van der Waals surface area (Å²) in [7, 11) is 0. The van der Waals surface area contributed by atoms with Gasteiger partial charge in [-0.3, -0.25) is 5.43 Å². The van der Waals surface area contributed by atoms with E-state index in [0.29, 0.717) is 32.2 Å². The Balaban J connectivity index is 1.37. The van der Waals surface area contributed by atoms with E-state index in [2.05, 4.69) is 20.3 Å². The largest absolute Gasteiger partial charge is 0.487 e. The fraction of sp³-hybridized carbons (Fsp3) is 0.346. The molecular formula is C26H27Cl3N6O. The standard InChI is InChI=1S/C26H27Cl3N6O/c27-20-13-19(25(22(29)14-20)36-17-18-7-1-2-8-21(18)28)16-30-33-23-15-24(34-9-3-4-10-34)32-26(31-23)35-11-5-6-12-35/h1-2,7-8,13-16H,3-6,9-12,17H2,(H,31,32,33). The number of nitrogens with one attached hydrogen (secondary N) is 1. The first kappa shape index (κ1) is 24.9. The monoisotopic (exact) mass is 544 g/mol. The normalized spacial score (nSPS) is 15.8. The molecular weight excluding hydrogens is 519 g/mol. The molecule has 36 heavy (non-hydrogen) atoms. The highest BCUT2D eigenvalue weighted by Crippen LogP contribution is 2.33. The van der Waals surface area contributed by atoms with Crippen molar-refractivity contribution in [2.45, 2.75) is 32.3 Å². The number of ether oxygens (including phenoxy) is 1. The molecule has 5 rings (SSSR count). The maximum atomic E-state index is 6.47. The van der Waals surface area contributed by atoms with E-state index in [1.54, 1.807) is 18.3 Å². The summed E-state index contributed by atoms with van der Waals surface area (Å²) in [4.78, 5) is 14.1. The van der Waals surface area contributed by atoms with Crippen LogP contribution in [0.1, 0.15) is 36.8 Å². The van der Waals surface area contributed by atoms with Crippen LogP contribution in [0.2, 0.25) is 15.1 Å². The summed E-state index contributed by atoms with van der Waals surface area (Å²) in [5.74, 6) is 2.78. The molecule has 3 heterocycles. The van der Waals surface area contributed by atoms with Gasteiger partial charge in [-0.1, -0.05) is 53.0 Å². The van der Waals surface area contributed by atoms with E-state index in [1.165, 1.54) is 12.8 Å².